The molecule has 26 heavy (non-hydrogen) atoms. The summed E-state index contributed by atoms with van der Waals surface area (Å²) < 4.78 is 2.12. The van der Waals surface area contributed by atoms with Crippen molar-refractivity contribution in [2.24, 2.45) is 0 Å². The van der Waals surface area contributed by atoms with Crippen LogP contribution in [0.15, 0.2) is 60.9 Å². The lowest BCUT2D eigenvalue weighted by atomic mass is 10.1. The summed E-state index contributed by atoms with van der Waals surface area (Å²) in [6.07, 6.45) is 4.49. The first-order valence-corrected chi connectivity index (χ1v) is 8.50. The van der Waals surface area contributed by atoms with E-state index in [1.807, 2.05) is 24.4 Å². The first-order chi connectivity index (χ1) is 12.7. The van der Waals surface area contributed by atoms with Crippen LogP contribution >= 0.6 is 0 Å². The molecule has 3 aromatic rings. The van der Waals surface area contributed by atoms with Gasteiger partial charge in [0.2, 0.25) is 0 Å². The van der Waals surface area contributed by atoms with E-state index in [0.29, 0.717) is 23.4 Å². The van der Waals surface area contributed by atoms with Crippen molar-refractivity contribution in [3.05, 3.63) is 83.4 Å². The number of anilines is 1. The van der Waals surface area contributed by atoms with Crippen LogP contribution in [-0.2, 0) is 13.0 Å². The van der Waals surface area contributed by atoms with Gasteiger partial charge in [-0.05, 0) is 30.7 Å². The fourth-order valence-electron chi connectivity index (χ4n) is 2.81. The Kier molecular flexibility index (Phi) is 5.45. The average molecular weight is 344 g/mol. The molecule has 3 rings (SSSR count). The average Bonchev–Trinajstić information content (AvgIpc) is 3.09. The van der Waals surface area contributed by atoms with Crippen molar-refractivity contribution in [1.82, 2.24) is 9.55 Å². The topological polar surface area (TPSA) is 70.7 Å². The Hall–Kier alpha value is -3.39. The highest BCUT2D eigenvalue weighted by atomic mass is 16.1. The number of carbonyl (C=O) groups is 1. The Balaban J connectivity index is 1.66. The van der Waals surface area contributed by atoms with Crippen molar-refractivity contribution in [1.29, 1.82) is 5.26 Å². The molecule has 0 saturated heterocycles. The van der Waals surface area contributed by atoms with E-state index in [1.165, 1.54) is 12.5 Å². The smallest absolute Gasteiger partial charge is 0.159 e. The second kappa shape index (κ2) is 8.13. The molecule has 2 aromatic carbocycles. The van der Waals surface area contributed by atoms with Crippen molar-refractivity contribution in [3.8, 4) is 6.07 Å². The SMILES string of the molecule is CC(=O)c1ccc(C#N)c(NCCc2nccn2Cc2ccccc2)c1. The monoisotopic (exact) mass is 344 g/mol. The third-order valence-corrected chi connectivity index (χ3v) is 4.21. The van der Waals surface area contributed by atoms with Crippen LogP contribution in [0, 0.1) is 11.3 Å². The normalized spacial score (nSPS) is 10.3. The molecule has 0 aliphatic rings. The maximum Gasteiger partial charge on any atom is 0.159 e. The van der Waals surface area contributed by atoms with Gasteiger partial charge in [-0.3, -0.25) is 4.79 Å². The molecule has 0 amide bonds. The summed E-state index contributed by atoms with van der Waals surface area (Å²) in [5.74, 6) is 0.957. The second-order valence-electron chi connectivity index (χ2n) is 6.06. The van der Waals surface area contributed by atoms with Crippen molar-refractivity contribution < 1.29 is 4.79 Å². The van der Waals surface area contributed by atoms with E-state index in [-0.39, 0.29) is 5.78 Å². The lowest BCUT2D eigenvalue weighted by Crippen LogP contribution is -2.12. The number of nitrogens with one attached hydrogen (secondary N) is 1. The number of hydrogen-bond acceptors (Lipinski definition) is 4. The summed E-state index contributed by atoms with van der Waals surface area (Å²) in [7, 11) is 0. The molecule has 0 aliphatic carbocycles. The number of ketones is 1. The third kappa shape index (κ3) is 4.17. The summed E-state index contributed by atoms with van der Waals surface area (Å²) in [5, 5.41) is 12.5. The molecule has 0 bridgehead atoms. The van der Waals surface area contributed by atoms with Crippen LogP contribution in [0.25, 0.3) is 0 Å². The van der Waals surface area contributed by atoms with Gasteiger partial charge in [-0.1, -0.05) is 30.3 Å². The van der Waals surface area contributed by atoms with Crippen LogP contribution in [0.4, 0.5) is 5.69 Å². The zero-order valence-electron chi connectivity index (χ0n) is 14.6. The molecule has 5 heteroatoms. The Bertz CT molecular complexity index is 938. The lowest BCUT2D eigenvalue weighted by molar-refractivity contribution is 0.101. The molecule has 0 unspecified atom stereocenters. The highest BCUT2D eigenvalue weighted by Crippen LogP contribution is 2.17. The van der Waals surface area contributed by atoms with E-state index in [2.05, 4.69) is 33.1 Å². The standard InChI is InChI=1S/C21H20N4O/c1-16(26)18-7-8-19(14-22)20(13-18)23-10-9-21-24-11-12-25(21)15-17-5-3-2-4-6-17/h2-8,11-13,23H,9-10,15H2,1H3. The maximum absolute atomic E-state index is 11.6. The molecule has 130 valence electrons. The number of hydrogen-bond donors (Lipinski definition) is 1. The number of benzene rings is 2. The molecule has 0 atom stereocenters. The van der Waals surface area contributed by atoms with Crippen molar-refractivity contribution in [2.75, 3.05) is 11.9 Å². The van der Waals surface area contributed by atoms with Crippen LogP contribution in [0.3, 0.4) is 0 Å². The molecule has 0 radical (unpaired) electrons. The second-order valence-corrected chi connectivity index (χ2v) is 6.06. The Morgan fingerprint density at radius 2 is 2.04 bits per heavy atom. The minimum absolute atomic E-state index is 0.0176. The van der Waals surface area contributed by atoms with Crippen molar-refractivity contribution in [2.45, 2.75) is 19.9 Å². The van der Waals surface area contributed by atoms with Gasteiger partial charge in [0.25, 0.3) is 0 Å². The molecule has 1 N–H and O–H groups in total. The van der Waals surface area contributed by atoms with E-state index < -0.39 is 0 Å². The van der Waals surface area contributed by atoms with E-state index in [0.717, 1.165) is 18.8 Å². The molecular formula is C21H20N4O. The number of nitriles is 1. The molecule has 0 spiro atoms. The van der Waals surface area contributed by atoms with E-state index >= 15 is 0 Å². The zero-order valence-corrected chi connectivity index (χ0v) is 14.6. The van der Waals surface area contributed by atoms with E-state index in [9.17, 15) is 10.1 Å². The molecule has 0 fully saturated rings. The summed E-state index contributed by atoms with van der Waals surface area (Å²) in [5.41, 5.74) is 3.03. The highest BCUT2D eigenvalue weighted by molar-refractivity contribution is 5.95. The fraction of sp³-hybridized carbons (Fsp3) is 0.190. The number of carbonyl (C=O) groups excluding carboxylic acids is 1. The highest BCUT2D eigenvalue weighted by Gasteiger charge is 2.08. The summed E-state index contributed by atoms with van der Waals surface area (Å²) >= 11 is 0. The van der Waals surface area contributed by atoms with Gasteiger partial charge >= 0.3 is 0 Å². The maximum atomic E-state index is 11.6. The summed E-state index contributed by atoms with van der Waals surface area (Å²) in [4.78, 5) is 16.0. The predicted molar refractivity (Wildman–Crippen MR) is 101 cm³/mol. The fourth-order valence-corrected chi connectivity index (χ4v) is 2.81. The first kappa shape index (κ1) is 17.4. The van der Waals surface area contributed by atoms with Gasteiger partial charge in [-0.25, -0.2) is 4.98 Å². The minimum Gasteiger partial charge on any atom is -0.384 e. The zero-order chi connectivity index (χ0) is 18.4. The van der Waals surface area contributed by atoms with Crippen LogP contribution in [-0.4, -0.2) is 21.9 Å². The van der Waals surface area contributed by atoms with E-state index in [4.69, 9.17) is 0 Å². The van der Waals surface area contributed by atoms with Gasteiger partial charge in [0.05, 0.1) is 11.3 Å². The van der Waals surface area contributed by atoms with Crippen LogP contribution in [0.2, 0.25) is 0 Å². The van der Waals surface area contributed by atoms with Gasteiger partial charge < -0.3 is 9.88 Å². The summed E-state index contributed by atoms with van der Waals surface area (Å²) in [6.45, 7) is 2.92. The quantitative estimate of drug-likeness (QED) is 0.664. The summed E-state index contributed by atoms with van der Waals surface area (Å²) in [6, 6.07) is 17.5. The van der Waals surface area contributed by atoms with Crippen LogP contribution < -0.4 is 5.32 Å². The van der Waals surface area contributed by atoms with Gasteiger partial charge in [0.1, 0.15) is 11.9 Å². The molecular weight excluding hydrogens is 324 g/mol. The number of nitrogens with zero attached hydrogens (tertiary/aromatic N) is 3. The number of rotatable bonds is 7. The van der Waals surface area contributed by atoms with Gasteiger partial charge in [0.15, 0.2) is 5.78 Å². The predicted octanol–water partition coefficient (Wildman–Crippen LogP) is 3.66. The van der Waals surface area contributed by atoms with Crippen LogP contribution in [0.5, 0.6) is 0 Å². The largest absolute Gasteiger partial charge is 0.384 e. The Labute approximate surface area is 152 Å². The van der Waals surface area contributed by atoms with Crippen molar-refractivity contribution >= 4 is 11.5 Å². The Morgan fingerprint density at radius 3 is 2.77 bits per heavy atom. The third-order valence-electron chi connectivity index (χ3n) is 4.21. The number of aromatic nitrogens is 2. The lowest BCUT2D eigenvalue weighted by Gasteiger charge is -2.11. The van der Waals surface area contributed by atoms with Crippen LogP contribution in [0.1, 0.15) is 34.2 Å². The van der Waals surface area contributed by atoms with Crippen molar-refractivity contribution in [3.63, 3.8) is 0 Å². The molecule has 0 saturated carbocycles. The minimum atomic E-state index is -0.0176. The molecule has 1 aromatic heterocycles. The molecule has 0 aliphatic heterocycles. The number of imidazole rings is 1. The molecule has 5 nitrogen and oxygen atoms in total. The Morgan fingerprint density at radius 1 is 1.23 bits per heavy atom. The van der Waals surface area contributed by atoms with E-state index in [1.54, 1.807) is 24.4 Å². The molecule has 1 heterocycles. The van der Waals surface area contributed by atoms with Gasteiger partial charge in [-0.2, -0.15) is 5.26 Å². The first-order valence-electron chi connectivity index (χ1n) is 8.50. The van der Waals surface area contributed by atoms with Gasteiger partial charge in [-0.15, -0.1) is 0 Å². The number of Topliss-reactive ketones (excluding diaryl/α,β-unsaturated/α-hetero) is 1. The van der Waals surface area contributed by atoms with Gasteiger partial charge in [0, 0.05) is 37.5 Å².